The molecule has 0 aromatic heterocycles. The van der Waals surface area contributed by atoms with Crippen molar-refractivity contribution in [2.75, 3.05) is 31.6 Å². The Kier molecular flexibility index (Phi) is 6.26. The number of carbonyl (C=O) groups excluding carboxylic acids is 3. The summed E-state index contributed by atoms with van der Waals surface area (Å²) in [5.74, 6) is 0.00780. The van der Waals surface area contributed by atoms with Crippen molar-refractivity contribution in [3.05, 3.63) is 29.8 Å². The predicted octanol–water partition coefficient (Wildman–Crippen LogP) is 3.03. The molecule has 0 spiro atoms. The topological polar surface area (TPSA) is 75.7 Å². The van der Waals surface area contributed by atoms with Gasteiger partial charge in [-0.25, -0.2) is 0 Å². The monoisotopic (exact) mass is 372 g/mol. The number of anilines is 1. The third kappa shape index (κ3) is 5.16. The molecule has 0 atom stereocenters. The smallest absolute Gasteiger partial charge is 0.224 e. The lowest BCUT2D eigenvalue weighted by atomic mass is 9.78. The van der Waals surface area contributed by atoms with Crippen LogP contribution in [0, 0.1) is 5.41 Å². The van der Waals surface area contributed by atoms with E-state index in [0.29, 0.717) is 50.4 Å². The van der Waals surface area contributed by atoms with E-state index >= 15 is 0 Å². The first-order chi connectivity index (χ1) is 13.0. The summed E-state index contributed by atoms with van der Waals surface area (Å²) in [5.41, 5.74) is 0.948. The van der Waals surface area contributed by atoms with Crippen molar-refractivity contribution >= 4 is 23.3 Å². The summed E-state index contributed by atoms with van der Waals surface area (Å²) in [4.78, 5) is 38.8. The zero-order chi connectivity index (χ0) is 19.3. The van der Waals surface area contributed by atoms with Gasteiger partial charge in [-0.2, -0.15) is 0 Å². The van der Waals surface area contributed by atoms with E-state index in [1.807, 2.05) is 4.90 Å². The molecule has 2 aliphatic rings. The van der Waals surface area contributed by atoms with Crippen LogP contribution in [0.25, 0.3) is 0 Å². The SMILES string of the molecule is CC(=O)c1cccc(NC(=O)CC2(CC(=O)N3CCOCC3)CCCC2)c1. The molecule has 1 aromatic carbocycles. The molecule has 2 amide bonds. The highest BCUT2D eigenvalue weighted by molar-refractivity contribution is 5.97. The van der Waals surface area contributed by atoms with Crippen LogP contribution in [0.2, 0.25) is 0 Å². The second kappa shape index (κ2) is 8.65. The van der Waals surface area contributed by atoms with Crippen LogP contribution < -0.4 is 5.32 Å². The highest BCUT2D eigenvalue weighted by Gasteiger charge is 2.39. The van der Waals surface area contributed by atoms with E-state index in [1.165, 1.54) is 6.92 Å². The van der Waals surface area contributed by atoms with Gasteiger partial charge in [0.1, 0.15) is 0 Å². The molecule has 1 heterocycles. The number of carbonyl (C=O) groups is 3. The fourth-order valence-electron chi connectivity index (χ4n) is 4.15. The first-order valence-electron chi connectivity index (χ1n) is 9.74. The summed E-state index contributed by atoms with van der Waals surface area (Å²) in [7, 11) is 0. The van der Waals surface area contributed by atoms with Crippen LogP contribution in [0.15, 0.2) is 24.3 Å². The van der Waals surface area contributed by atoms with Crippen molar-refractivity contribution in [1.29, 1.82) is 0 Å². The van der Waals surface area contributed by atoms with Gasteiger partial charge in [0.05, 0.1) is 13.2 Å². The first kappa shape index (κ1) is 19.5. The number of amides is 2. The number of hydrogen-bond acceptors (Lipinski definition) is 4. The Morgan fingerprint density at radius 2 is 1.81 bits per heavy atom. The van der Waals surface area contributed by atoms with Crippen molar-refractivity contribution in [2.45, 2.75) is 45.4 Å². The van der Waals surface area contributed by atoms with E-state index in [2.05, 4.69) is 5.32 Å². The van der Waals surface area contributed by atoms with Gasteiger partial charge in [0.25, 0.3) is 0 Å². The minimum absolute atomic E-state index is 0.0329. The van der Waals surface area contributed by atoms with Gasteiger partial charge >= 0.3 is 0 Å². The van der Waals surface area contributed by atoms with Gasteiger partial charge in [0.15, 0.2) is 5.78 Å². The van der Waals surface area contributed by atoms with E-state index in [0.717, 1.165) is 25.7 Å². The Bertz CT molecular complexity index is 704. The maximum atomic E-state index is 12.7. The van der Waals surface area contributed by atoms with Crippen molar-refractivity contribution < 1.29 is 19.1 Å². The number of hydrogen-bond donors (Lipinski definition) is 1. The number of Topliss-reactive ketones (excluding diaryl/α,β-unsaturated/α-hetero) is 1. The predicted molar refractivity (Wildman–Crippen MR) is 103 cm³/mol. The Hall–Kier alpha value is -2.21. The number of benzene rings is 1. The lowest BCUT2D eigenvalue weighted by molar-refractivity contribution is -0.138. The molecule has 2 fully saturated rings. The van der Waals surface area contributed by atoms with E-state index in [9.17, 15) is 14.4 Å². The fraction of sp³-hybridized carbons (Fsp3) is 0.571. The lowest BCUT2D eigenvalue weighted by Crippen LogP contribution is -2.43. The molecule has 6 heteroatoms. The van der Waals surface area contributed by atoms with E-state index in [1.54, 1.807) is 24.3 Å². The molecule has 146 valence electrons. The van der Waals surface area contributed by atoms with Gasteiger partial charge in [0, 0.05) is 37.2 Å². The number of morpholine rings is 1. The molecule has 3 rings (SSSR count). The highest BCUT2D eigenvalue weighted by Crippen LogP contribution is 2.44. The van der Waals surface area contributed by atoms with Gasteiger partial charge in [-0.3, -0.25) is 14.4 Å². The molecule has 1 aromatic rings. The number of rotatable bonds is 6. The molecule has 1 saturated carbocycles. The Morgan fingerprint density at radius 3 is 2.48 bits per heavy atom. The molecule has 0 radical (unpaired) electrons. The summed E-state index contributed by atoms with van der Waals surface area (Å²) in [5, 5.41) is 2.91. The lowest BCUT2D eigenvalue weighted by Gasteiger charge is -2.33. The van der Waals surface area contributed by atoms with Crippen molar-refractivity contribution in [3.63, 3.8) is 0 Å². The molecular weight excluding hydrogens is 344 g/mol. The van der Waals surface area contributed by atoms with Crippen LogP contribution in [0.5, 0.6) is 0 Å². The highest BCUT2D eigenvalue weighted by atomic mass is 16.5. The van der Waals surface area contributed by atoms with Crippen molar-refractivity contribution in [2.24, 2.45) is 5.41 Å². The zero-order valence-electron chi connectivity index (χ0n) is 16.0. The second-order valence-electron chi connectivity index (χ2n) is 7.74. The Labute approximate surface area is 160 Å². The van der Waals surface area contributed by atoms with Crippen LogP contribution in [-0.4, -0.2) is 48.8 Å². The molecule has 27 heavy (non-hydrogen) atoms. The Balaban J connectivity index is 1.63. The largest absolute Gasteiger partial charge is 0.378 e. The van der Waals surface area contributed by atoms with E-state index in [4.69, 9.17) is 4.74 Å². The average Bonchev–Trinajstić information content (AvgIpc) is 3.10. The molecule has 1 N–H and O–H groups in total. The maximum absolute atomic E-state index is 12.7. The normalized spacial score (nSPS) is 18.9. The number of nitrogens with zero attached hydrogens (tertiary/aromatic N) is 1. The van der Waals surface area contributed by atoms with Crippen molar-refractivity contribution in [1.82, 2.24) is 4.90 Å². The summed E-state index contributed by atoms with van der Waals surface area (Å²) >= 11 is 0. The summed E-state index contributed by atoms with van der Waals surface area (Å²) in [6, 6.07) is 6.97. The summed E-state index contributed by atoms with van der Waals surface area (Å²) < 4.78 is 5.32. The van der Waals surface area contributed by atoms with Crippen LogP contribution in [0.3, 0.4) is 0 Å². The number of ether oxygens (including phenoxy) is 1. The van der Waals surface area contributed by atoms with Gasteiger partial charge in [-0.1, -0.05) is 25.0 Å². The quantitative estimate of drug-likeness (QED) is 0.779. The molecule has 0 bridgehead atoms. The minimum Gasteiger partial charge on any atom is -0.378 e. The van der Waals surface area contributed by atoms with E-state index < -0.39 is 0 Å². The van der Waals surface area contributed by atoms with Crippen LogP contribution in [0.4, 0.5) is 5.69 Å². The van der Waals surface area contributed by atoms with E-state index in [-0.39, 0.29) is 23.0 Å². The van der Waals surface area contributed by atoms with Crippen molar-refractivity contribution in [3.8, 4) is 0 Å². The summed E-state index contributed by atoms with van der Waals surface area (Å²) in [6.45, 7) is 3.96. The third-order valence-corrected chi connectivity index (χ3v) is 5.64. The van der Waals surface area contributed by atoms with Crippen LogP contribution in [0.1, 0.15) is 55.8 Å². The number of ketones is 1. The minimum atomic E-state index is -0.252. The van der Waals surface area contributed by atoms with Gasteiger partial charge in [-0.15, -0.1) is 0 Å². The van der Waals surface area contributed by atoms with Crippen LogP contribution in [-0.2, 0) is 14.3 Å². The molecule has 1 aliphatic heterocycles. The first-order valence-corrected chi connectivity index (χ1v) is 9.74. The molecule has 0 unspecified atom stereocenters. The van der Waals surface area contributed by atoms with Gasteiger partial charge < -0.3 is 15.0 Å². The standard InChI is InChI=1S/C21H28N2O4/c1-16(24)17-5-4-6-18(13-17)22-19(25)14-21(7-2-3-8-21)15-20(26)23-9-11-27-12-10-23/h4-6,13H,2-3,7-12,14-15H2,1H3,(H,22,25). The molecule has 1 saturated heterocycles. The zero-order valence-corrected chi connectivity index (χ0v) is 16.0. The van der Waals surface area contributed by atoms with Gasteiger partial charge in [0.2, 0.25) is 11.8 Å². The average molecular weight is 372 g/mol. The summed E-state index contributed by atoms with van der Waals surface area (Å²) in [6.07, 6.45) is 4.70. The van der Waals surface area contributed by atoms with Crippen LogP contribution >= 0.6 is 0 Å². The molecule has 6 nitrogen and oxygen atoms in total. The second-order valence-corrected chi connectivity index (χ2v) is 7.74. The molecule has 1 aliphatic carbocycles. The maximum Gasteiger partial charge on any atom is 0.224 e. The third-order valence-electron chi connectivity index (χ3n) is 5.64. The molecular formula is C21H28N2O4. The fourth-order valence-corrected chi connectivity index (χ4v) is 4.15. The van der Waals surface area contributed by atoms with Gasteiger partial charge in [-0.05, 0) is 37.3 Å². The Morgan fingerprint density at radius 1 is 1.11 bits per heavy atom. The number of nitrogens with one attached hydrogen (secondary N) is 1.